The first-order valence-corrected chi connectivity index (χ1v) is 8.65. The van der Waals surface area contributed by atoms with E-state index in [1.807, 2.05) is 48.7 Å². The average molecular weight is 394 g/mol. The Morgan fingerprint density at radius 3 is 2.70 bits per heavy atom. The largest absolute Gasteiger partial charge is 0.452 e. The van der Waals surface area contributed by atoms with E-state index >= 15 is 0 Å². The summed E-state index contributed by atoms with van der Waals surface area (Å²) in [6, 6.07) is 11.3. The van der Waals surface area contributed by atoms with Crippen molar-refractivity contribution in [2.75, 3.05) is 6.61 Å². The van der Waals surface area contributed by atoms with Crippen molar-refractivity contribution in [2.45, 2.75) is 13.0 Å². The van der Waals surface area contributed by atoms with E-state index in [0.717, 1.165) is 14.9 Å². The molecule has 0 unspecified atom stereocenters. The molecule has 6 heteroatoms. The zero-order valence-corrected chi connectivity index (χ0v) is 14.9. The Morgan fingerprint density at radius 1 is 1.30 bits per heavy atom. The number of benzene rings is 1. The molecule has 1 aromatic heterocycles. The molecule has 120 valence electrons. The van der Waals surface area contributed by atoms with Gasteiger partial charge in [0.1, 0.15) is 0 Å². The molecule has 1 aromatic carbocycles. The van der Waals surface area contributed by atoms with Gasteiger partial charge in [-0.25, -0.2) is 4.79 Å². The summed E-state index contributed by atoms with van der Waals surface area (Å²) in [4.78, 5) is 24.4. The minimum Gasteiger partial charge on any atom is -0.452 e. The normalized spacial score (nSPS) is 12.1. The van der Waals surface area contributed by atoms with Crippen LogP contribution in [0, 0.1) is 0 Å². The quantitative estimate of drug-likeness (QED) is 0.597. The summed E-state index contributed by atoms with van der Waals surface area (Å²) in [6.07, 6.45) is 2.94. The van der Waals surface area contributed by atoms with Crippen LogP contribution in [0.15, 0.2) is 52.3 Å². The van der Waals surface area contributed by atoms with E-state index in [0.29, 0.717) is 0 Å². The number of hydrogen-bond donors (Lipinski definition) is 1. The fourth-order valence-corrected chi connectivity index (χ4v) is 2.81. The van der Waals surface area contributed by atoms with Gasteiger partial charge in [0.25, 0.3) is 5.91 Å². The van der Waals surface area contributed by atoms with Gasteiger partial charge in [-0.2, -0.15) is 0 Å². The van der Waals surface area contributed by atoms with Crippen LogP contribution in [0.5, 0.6) is 0 Å². The fraction of sp³-hybridized carbons (Fsp3) is 0.176. The highest BCUT2D eigenvalue weighted by Crippen LogP contribution is 2.17. The molecule has 0 spiro atoms. The lowest BCUT2D eigenvalue weighted by atomic mass is 10.2. The van der Waals surface area contributed by atoms with Crippen LogP contribution in [0.4, 0.5) is 0 Å². The summed E-state index contributed by atoms with van der Waals surface area (Å²) in [5.74, 6) is -0.872. The average Bonchev–Trinajstić information content (AvgIpc) is 3.07. The first-order valence-electron chi connectivity index (χ1n) is 6.98. The van der Waals surface area contributed by atoms with E-state index in [1.165, 1.54) is 6.08 Å². The van der Waals surface area contributed by atoms with Gasteiger partial charge in [0, 0.05) is 15.4 Å². The number of thiophene rings is 1. The van der Waals surface area contributed by atoms with Crippen molar-refractivity contribution < 1.29 is 14.3 Å². The lowest BCUT2D eigenvalue weighted by Gasteiger charge is -2.11. The number of ether oxygens (including phenoxy) is 1. The van der Waals surface area contributed by atoms with Gasteiger partial charge < -0.3 is 10.1 Å². The van der Waals surface area contributed by atoms with Crippen LogP contribution in [-0.4, -0.2) is 18.5 Å². The number of hydrogen-bond acceptors (Lipinski definition) is 4. The molecular weight excluding hydrogens is 378 g/mol. The summed E-state index contributed by atoms with van der Waals surface area (Å²) in [5, 5.41) is 4.73. The maximum absolute atomic E-state index is 11.8. The number of esters is 1. The van der Waals surface area contributed by atoms with Crippen molar-refractivity contribution in [3.63, 3.8) is 0 Å². The molecule has 23 heavy (non-hydrogen) atoms. The molecule has 0 aliphatic rings. The second-order valence-corrected chi connectivity index (χ2v) is 6.69. The number of rotatable bonds is 6. The number of nitrogens with one attached hydrogen (secondary N) is 1. The van der Waals surface area contributed by atoms with Crippen LogP contribution in [0.2, 0.25) is 0 Å². The summed E-state index contributed by atoms with van der Waals surface area (Å²) in [6.45, 7) is 1.60. The summed E-state index contributed by atoms with van der Waals surface area (Å²) in [5.41, 5.74) is 0.876. The van der Waals surface area contributed by atoms with E-state index in [9.17, 15) is 9.59 Å². The third-order valence-corrected chi connectivity index (χ3v) is 4.56. The van der Waals surface area contributed by atoms with Crippen molar-refractivity contribution in [3.8, 4) is 0 Å². The SMILES string of the molecule is C[C@H](NC(=O)COC(=O)/C=C/c1ccc(Br)cc1)c1cccs1. The first-order chi connectivity index (χ1) is 11.0. The molecule has 0 saturated heterocycles. The highest BCUT2D eigenvalue weighted by molar-refractivity contribution is 9.10. The van der Waals surface area contributed by atoms with Gasteiger partial charge in [-0.3, -0.25) is 4.79 Å². The van der Waals surface area contributed by atoms with Crippen molar-refractivity contribution in [2.24, 2.45) is 0 Å². The number of carbonyl (C=O) groups is 2. The van der Waals surface area contributed by atoms with Crippen molar-refractivity contribution in [3.05, 3.63) is 62.8 Å². The zero-order chi connectivity index (χ0) is 16.7. The Kier molecular flexibility index (Phi) is 6.55. The van der Waals surface area contributed by atoms with Crippen LogP contribution < -0.4 is 5.32 Å². The van der Waals surface area contributed by atoms with E-state index in [1.54, 1.807) is 17.4 Å². The van der Waals surface area contributed by atoms with E-state index in [-0.39, 0.29) is 18.6 Å². The molecule has 4 nitrogen and oxygen atoms in total. The highest BCUT2D eigenvalue weighted by Gasteiger charge is 2.11. The summed E-state index contributed by atoms with van der Waals surface area (Å²) in [7, 11) is 0. The Balaban J connectivity index is 1.75. The smallest absolute Gasteiger partial charge is 0.331 e. The third-order valence-electron chi connectivity index (χ3n) is 2.97. The molecular formula is C17H16BrNO3S. The third kappa shape index (κ3) is 6.00. The molecule has 0 radical (unpaired) electrons. The van der Waals surface area contributed by atoms with Crippen molar-refractivity contribution in [1.29, 1.82) is 0 Å². The lowest BCUT2D eigenvalue weighted by molar-refractivity contribution is -0.144. The van der Waals surface area contributed by atoms with Crippen LogP contribution in [0.25, 0.3) is 6.08 Å². The molecule has 0 saturated carbocycles. The first kappa shape index (κ1) is 17.4. The topological polar surface area (TPSA) is 55.4 Å². The van der Waals surface area contributed by atoms with Crippen LogP contribution in [-0.2, 0) is 14.3 Å². The van der Waals surface area contributed by atoms with E-state index < -0.39 is 5.97 Å². The van der Waals surface area contributed by atoms with Gasteiger partial charge in [-0.05, 0) is 42.1 Å². The zero-order valence-electron chi connectivity index (χ0n) is 12.5. The Morgan fingerprint density at radius 2 is 2.04 bits per heavy atom. The van der Waals surface area contributed by atoms with Crippen molar-refractivity contribution in [1.82, 2.24) is 5.32 Å². The van der Waals surface area contributed by atoms with Crippen LogP contribution >= 0.6 is 27.3 Å². The van der Waals surface area contributed by atoms with E-state index in [4.69, 9.17) is 4.74 Å². The molecule has 1 atom stereocenters. The minimum absolute atomic E-state index is 0.0977. The molecule has 2 rings (SSSR count). The van der Waals surface area contributed by atoms with E-state index in [2.05, 4.69) is 21.2 Å². The molecule has 2 aromatic rings. The minimum atomic E-state index is -0.549. The second-order valence-electron chi connectivity index (χ2n) is 4.80. The van der Waals surface area contributed by atoms with Gasteiger partial charge in [-0.15, -0.1) is 11.3 Å². The monoisotopic (exact) mass is 393 g/mol. The maximum Gasteiger partial charge on any atom is 0.331 e. The Labute approximate surface area is 147 Å². The molecule has 1 N–H and O–H groups in total. The highest BCUT2D eigenvalue weighted by atomic mass is 79.9. The maximum atomic E-state index is 11.8. The van der Waals surface area contributed by atoms with Gasteiger partial charge in [0.05, 0.1) is 6.04 Å². The molecule has 0 bridgehead atoms. The lowest BCUT2D eigenvalue weighted by Crippen LogP contribution is -2.30. The summed E-state index contributed by atoms with van der Waals surface area (Å²) >= 11 is 4.91. The number of halogens is 1. The van der Waals surface area contributed by atoms with Gasteiger partial charge in [0.15, 0.2) is 6.61 Å². The standard InChI is InChI=1S/C17H16BrNO3S/c1-12(15-3-2-10-23-15)19-16(20)11-22-17(21)9-6-13-4-7-14(18)8-5-13/h2-10,12H,11H2,1H3,(H,19,20)/b9-6+/t12-/m0/s1. The van der Waals surface area contributed by atoms with Crippen LogP contribution in [0.3, 0.4) is 0 Å². The number of amides is 1. The molecule has 0 fully saturated rings. The molecule has 0 aliphatic carbocycles. The van der Waals surface area contributed by atoms with Crippen LogP contribution in [0.1, 0.15) is 23.4 Å². The van der Waals surface area contributed by atoms with Gasteiger partial charge >= 0.3 is 5.97 Å². The molecule has 0 aliphatic heterocycles. The Hall–Kier alpha value is -1.92. The predicted molar refractivity (Wildman–Crippen MR) is 95.0 cm³/mol. The van der Waals surface area contributed by atoms with Gasteiger partial charge in [0.2, 0.25) is 0 Å². The number of carbonyl (C=O) groups excluding carboxylic acids is 2. The summed E-state index contributed by atoms with van der Waals surface area (Å²) < 4.78 is 5.89. The second kappa shape index (κ2) is 8.64. The van der Waals surface area contributed by atoms with Crippen molar-refractivity contribution >= 4 is 45.2 Å². The predicted octanol–water partition coefficient (Wildman–Crippen LogP) is 3.94. The molecule has 1 heterocycles. The molecule has 1 amide bonds. The van der Waals surface area contributed by atoms with Gasteiger partial charge in [-0.1, -0.05) is 34.1 Å². The fourth-order valence-electron chi connectivity index (χ4n) is 1.81. The Bertz CT molecular complexity index is 680.